The first-order valence-corrected chi connectivity index (χ1v) is 9.55. The molecule has 2 aromatic rings. The lowest BCUT2D eigenvalue weighted by atomic mass is 10.1. The molecular formula is C22H24N2O5. The first-order chi connectivity index (χ1) is 14.0. The second kappa shape index (κ2) is 9.23. The number of carbonyl (C=O) groups is 3. The standard InChI is InChI=1S/C22H24N2O5/c1-3-29-22(27)16-10-12-17(13-11-16)24(15-23-14-6-9-20(23)25)21(26)18-7-4-5-8-19(18)28-2/h4-5,7-8,10-13H,3,6,9,14-15H2,1-2H3. The molecule has 1 heterocycles. The Bertz CT molecular complexity index is 894. The molecular weight excluding hydrogens is 372 g/mol. The molecule has 0 bridgehead atoms. The van der Waals surface area contributed by atoms with Crippen molar-refractivity contribution in [1.82, 2.24) is 4.90 Å². The van der Waals surface area contributed by atoms with Crippen LogP contribution in [0.1, 0.15) is 40.5 Å². The third-order valence-electron chi connectivity index (χ3n) is 4.76. The van der Waals surface area contributed by atoms with Crippen molar-refractivity contribution in [2.45, 2.75) is 19.8 Å². The van der Waals surface area contributed by atoms with Gasteiger partial charge in [-0.1, -0.05) is 12.1 Å². The van der Waals surface area contributed by atoms with Crippen molar-refractivity contribution in [2.75, 3.05) is 31.8 Å². The molecule has 0 radical (unpaired) electrons. The van der Waals surface area contributed by atoms with Gasteiger partial charge < -0.3 is 14.4 Å². The number of nitrogens with zero attached hydrogens (tertiary/aromatic N) is 2. The zero-order chi connectivity index (χ0) is 20.8. The van der Waals surface area contributed by atoms with Crippen LogP contribution in [0.3, 0.4) is 0 Å². The van der Waals surface area contributed by atoms with Gasteiger partial charge >= 0.3 is 5.97 Å². The SMILES string of the molecule is CCOC(=O)c1ccc(N(CN2CCCC2=O)C(=O)c2ccccc2OC)cc1. The van der Waals surface area contributed by atoms with Gasteiger partial charge in [-0.3, -0.25) is 14.5 Å². The number of anilines is 1. The molecule has 1 saturated heterocycles. The summed E-state index contributed by atoms with van der Waals surface area (Å²) < 4.78 is 10.3. The predicted molar refractivity (Wildman–Crippen MR) is 108 cm³/mol. The molecule has 3 rings (SSSR count). The number of methoxy groups -OCH3 is 1. The second-order valence-electron chi connectivity index (χ2n) is 6.60. The smallest absolute Gasteiger partial charge is 0.338 e. The highest BCUT2D eigenvalue weighted by atomic mass is 16.5. The van der Waals surface area contributed by atoms with Gasteiger partial charge in [-0.2, -0.15) is 0 Å². The summed E-state index contributed by atoms with van der Waals surface area (Å²) in [6, 6.07) is 13.5. The Labute approximate surface area is 169 Å². The Morgan fingerprint density at radius 2 is 1.83 bits per heavy atom. The quantitative estimate of drug-likeness (QED) is 0.672. The van der Waals surface area contributed by atoms with Crippen LogP contribution in [0.2, 0.25) is 0 Å². The number of para-hydroxylation sites is 1. The third kappa shape index (κ3) is 4.56. The highest BCUT2D eigenvalue weighted by Crippen LogP contribution is 2.25. The highest BCUT2D eigenvalue weighted by Gasteiger charge is 2.27. The van der Waals surface area contributed by atoms with Gasteiger partial charge in [-0.15, -0.1) is 0 Å². The molecule has 0 aliphatic carbocycles. The van der Waals surface area contributed by atoms with Crippen LogP contribution in [0.4, 0.5) is 5.69 Å². The van der Waals surface area contributed by atoms with E-state index in [4.69, 9.17) is 9.47 Å². The van der Waals surface area contributed by atoms with Crippen molar-refractivity contribution >= 4 is 23.5 Å². The number of ether oxygens (including phenoxy) is 2. The molecule has 1 aliphatic rings. The van der Waals surface area contributed by atoms with Gasteiger partial charge in [0.05, 0.1) is 24.8 Å². The van der Waals surface area contributed by atoms with Crippen molar-refractivity contribution in [3.8, 4) is 5.75 Å². The number of esters is 1. The summed E-state index contributed by atoms with van der Waals surface area (Å²) >= 11 is 0. The zero-order valence-corrected chi connectivity index (χ0v) is 16.6. The number of rotatable bonds is 7. The van der Waals surface area contributed by atoms with Crippen LogP contribution in [0.5, 0.6) is 5.75 Å². The number of benzene rings is 2. The fourth-order valence-corrected chi connectivity index (χ4v) is 3.25. The molecule has 0 saturated carbocycles. The van der Waals surface area contributed by atoms with Crippen LogP contribution in [0, 0.1) is 0 Å². The van der Waals surface area contributed by atoms with Crippen molar-refractivity contribution in [3.63, 3.8) is 0 Å². The van der Waals surface area contributed by atoms with Crippen LogP contribution in [0.15, 0.2) is 48.5 Å². The Balaban J connectivity index is 1.93. The Kier molecular flexibility index (Phi) is 6.49. The summed E-state index contributed by atoms with van der Waals surface area (Å²) in [7, 11) is 1.51. The first kappa shape index (κ1) is 20.4. The van der Waals surface area contributed by atoms with Crippen LogP contribution in [0.25, 0.3) is 0 Å². The average Bonchev–Trinajstić information content (AvgIpc) is 3.16. The molecule has 1 fully saturated rings. The van der Waals surface area contributed by atoms with Gasteiger partial charge in [0.25, 0.3) is 5.91 Å². The van der Waals surface area contributed by atoms with E-state index in [0.717, 1.165) is 6.42 Å². The molecule has 7 heteroatoms. The van der Waals surface area contributed by atoms with E-state index in [1.165, 1.54) is 12.0 Å². The molecule has 1 aliphatic heterocycles. The second-order valence-corrected chi connectivity index (χ2v) is 6.60. The van der Waals surface area contributed by atoms with E-state index in [1.807, 2.05) is 0 Å². The third-order valence-corrected chi connectivity index (χ3v) is 4.76. The van der Waals surface area contributed by atoms with E-state index >= 15 is 0 Å². The molecule has 0 spiro atoms. The maximum atomic E-state index is 13.4. The molecule has 2 aromatic carbocycles. The maximum Gasteiger partial charge on any atom is 0.338 e. The predicted octanol–water partition coefficient (Wildman–Crippen LogP) is 3.10. The summed E-state index contributed by atoms with van der Waals surface area (Å²) in [5.74, 6) is -0.230. The maximum absolute atomic E-state index is 13.4. The van der Waals surface area contributed by atoms with Crippen molar-refractivity contribution in [1.29, 1.82) is 0 Å². The monoisotopic (exact) mass is 396 g/mol. The Morgan fingerprint density at radius 3 is 2.45 bits per heavy atom. The fourth-order valence-electron chi connectivity index (χ4n) is 3.25. The summed E-state index contributed by atoms with van der Waals surface area (Å²) in [6.45, 7) is 2.77. The minimum atomic E-state index is -0.420. The zero-order valence-electron chi connectivity index (χ0n) is 16.6. The van der Waals surface area contributed by atoms with E-state index in [1.54, 1.807) is 60.4 Å². The minimum Gasteiger partial charge on any atom is -0.496 e. The van der Waals surface area contributed by atoms with Crippen molar-refractivity contribution in [2.24, 2.45) is 0 Å². The number of amides is 2. The van der Waals surface area contributed by atoms with Crippen LogP contribution >= 0.6 is 0 Å². The molecule has 2 amide bonds. The molecule has 0 unspecified atom stereocenters. The summed E-state index contributed by atoms with van der Waals surface area (Å²) in [5.41, 5.74) is 1.38. The largest absolute Gasteiger partial charge is 0.496 e. The number of carbonyl (C=O) groups excluding carboxylic acids is 3. The lowest BCUT2D eigenvalue weighted by Gasteiger charge is -2.28. The minimum absolute atomic E-state index is 0.0194. The van der Waals surface area contributed by atoms with E-state index < -0.39 is 5.97 Å². The summed E-state index contributed by atoms with van der Waals surface area (Å²) in [4.78, 5) is 40.6. The van der Waals surface area contributed by atoms with Gasteiger partial charge in [0.1, 0.15) is 12.4 Å². The van der Waals surface area contributed by atoms with E-state index in [-0.39, 0.29) is 25.1 Å². The van der Waals surface area contributed by atoms with Gasteiger partial charge in [-0.05, 0) is 49.7 Å². The molecule has 29 heavy (non-hydrogen) atoms. The summed E-state index contributed by atoms with van der Waals surface area (Å²) in [5, 5.41) is 0. The van der Waals surface area contributed by atoms with Gasteiger partial charge in [0.15, 0.2) is 0 Å². The van der Waals surface area contributed by atoms with Crippen LogP contribution in [-0.4, -0.2) is 49.6 Å². The first-order valence-electron chi connectivity index (χ1n) is 9.55. The van der Waals surface area contributed by atoms with Gasteiger partial charge in [0.2, 0.25) is 5.91 Å². The number of hydrogen-bond donors (Lipinski definition) is 0. The fraction of sp³-hybridized carbons (Fsp3) is 0.318. The van der Waals surface area contributed by atoms with E-state index in [9.17, 15) is 14.4 Å². The Hall–Kier alpha value is -3.35. The Morgan fingerprint density at radius 1 is 1.10 bits per heavy atom. The van der Waals surface area contributed by atoms with E-state index in [0.29, 0.717) is 35.5 Å². The lowest BCUT2D eigenvalue weighted by molar-refractivity contribution is -0.127. The normalized spacial score (nSPS) is 13.3. The molecule has 0 atom stereocenters. The van der Waals surface area contributed by atoms with Crippen molar-refractivity contribution < 1.29 is 23.9 Å². The van der Waals surface area contributed by atoms with Crippen LogP contribution < -0.4 is 9.64 Å². The molecule has 7 nitrogen and oxygen atoms in total. The van der Waals surface area contributed by atoms with Crippen LogP contribution in [-0.2, 0) is 9.53 Å². The lowest BCUT2D eigenvalue weighted by Crippen LogP contribution is -2.42. The molecule has 0 N–H and O–H groups in total. The molecule has 0 aromatic heterocycles. The summed E-state index contributed by atoms with van der Waals surface area (Å²) in [6.07, 6.45) is 1.26. The number of hydrogen-bond acceptors (Lipinski definition) is 5. The van der Waals surface area contributed by atoms with Gasteiger partial charge in [-0.25, -0.2) is 4.79 Å². The highest BCUT2D eigenvalue weighted by molar-refractivity contribution is 6.08. The van der Waals surface area contributed by atoms with Crippen molar-refractivity contribution in [3.05, 3.63) is 59.7 Å². The van der Waals surface area contributed by atoms with E-state index in [2.05, 4.69) is 0 Å². The number of likely N-dealkylation sites (tertiary alicyclic amines) is 1. The van der Waals surface area contributed by atoms with Gasteiger partial charge in [0, 0.05) is 18.7 Å². The molecule has 152 valence electrons. The average molecular weight is 396 g/mol. The topological polar surface area (TPSA) is 76.2 Å².